The highest BCUT2D eigenvalue weighted by atomic mass is 127. The second-order valence-corrected chi connectivity index (χ2v) is 6.17. The fourth-order valence-electron chi connectivity index (χ4n) is 2.54. The molecule has 2 rings (SSSR count). The molecule has 0 aliphatic carbocycles. The van der Waals surface area contributed by atoms with E-state index in [9.17, 15) is 4.79 Å². The van der Waals surface area contributed by atoms with Gasteiger partial charge >= 0.3 is 0 Å². The number of halogens is 1. The Morgan fingerprint density at radius 3 is 2.41 bits per heavy atom. The molecule has 0 aromatic heterocycles. The van der Waals surface area contributed by atoms with Crippen molar-refractivity contribution in [2.45, 2.75) is 27.3 Å². The van der Waals surface area contributed by atoms with Gasteiger partial charge in [-0.05, 0) is 44.0 Å². The molecule has 27 heavy (non-hydrogen) atoms. The molecule has 5 nitrogen and oxygen atoms in total. The van der Waals surface area contributed by atoms with Crippen LogP contribution in [0.5, 0.6) is 0 Å². The lowest BCUT2D eigenvalue weighted by atomic mass is 10.1. The molecule has 0 aliphatic heterocycles. The smallest absolute Gasteiger partial charge is 0.251 e. The van der Waals surface area contributed by atoms with Gasteiger partial charge in [0.15, 0.2) is 5.96 Å². The Labute approximate surface area is 179 Å². The van der Waals surface area contributed by atoms with Crippen molar-refractivity contribution in [3.63, 3.8) is 0 Å². The van der Waals surface area contributed by atoms with Crippen molar-refractivity contribution in [3.05, 3.63) is 70.8 Å². The molecule has 0 unspecified atom stereocenters. The van der Waals surface area contributed by atoms with E-state index in [0.717, 1.165) is 18.1 Å². The maximum Gasteiger partial charge on any atom is 0.251 e. The number of guanidine groups is 1. The summed E-state index contributed by atoms with van der Waals surface area (Å²) in [5.41, 5.74) is 4.20. The molecule has 1 amide bonds. The fourth-order valence-corrected chi connectivity index (χ4v) is 2.54. The van der Waals surface area contributed by atoms with E-state index in [1.165, 1.54) is 11.1 Å². The van der Waals surface area contributed by atoms with E-state index in [-0.39, 0.29) is 29.9 Å². The van der Waals surface area contributed by atoms with Gasteiger partial charge in [-0.1, -0.05) is 42.0 Å². The summed E-state index contributed by atoms with van der Waals surface area (Å²) in [5.74, 6) is 0.693. The number of benzene rings is 2. The second kappa shape index (κ2) is 12.3. The van der Waals surface area contributed by atoms with Gasteiger partial charge in [-0.3, -0.25) is 4.79 Å². The van der Waals surface area contributed by atoms with Crippen molar-refractivity contribution in [3.8, 4) is 0 Å². The minimum absolute atomic E-state index is 0. The Morgan fingerprint density at radius 1 is 0.963 bits per heavy atom. The summed E-state index contributed by atoms with van der Waals surface area (Å²) in [5, 5.41) is 9.40. The van der Waals surface area contributed by atoms with Crippen LogP contribution in [0.1, 0.15) is 34.0 Å². The molecule has 0 spiro atoms. The highest BCUT2D eigenvalue weighted by molar-refractivity contribution is 14.0. The van der Waals surface area contributed by atoms with Crippen molar-refractivity contribution in [2.24, 2.45) is 4.99 Å². The van der Waals surface area contributed by atoms with Crippen LogP contribution in [0.15, 0.2) is 53.5 Å². The molecular weight excluding hydrogens is 451 g/mol. The molecule has 146 valence electrons. The minimum atomic E-state index is -0.0580. The zero-order valence-corrected chi connectivity index (χ0v) is 18.5. The monoisotopic (exact) mass is 480 g/mol. The first-order chi connectivity index (χ1) is 12.6. The summed E-state index contributed by atoms with van der Waals surface area (Å²) in [7, 11) is 0. The van der Waals surface area contributed by atoms with Crippen molar-refractivity contribution >= 4 is 35.8 Å². The molecule has 0 fully saturated rings. The highest BCUT2D eigenvalue weighted by Crippen LogP contribution is 2.07. The third-order valence-corrected chi connectivity index (χ3v) is 4.00. The van der Waals surface area contributed by atoms with Gasteiger partial charge in [-0.25, -0.2) is 4.99 Å². The van der Waals surface area contributed by atoms with Crippen molar-refractivity contribution in [1.29, 1.82) is 0 Å². The summed E-state index contributed by atoms with van der Waals surface area (Å²) in [6.07, 6.45) is 0. The van der Waals surface area contributed by atoms with Gasteiger partial charge < -0.3 is 16.0 Å². The lowest BCUT2D eigenvalue weighted by Gasteiger charge is -2.12. The Kier molecular flexibility index (Phi) is 10.5. The van der Waals surface area contributed by atoms with Crippen molar-refractivity contribution < 1.29 is 4.79 Å². The third kappa shape index (κ3) is 7.99. The summed E-state index contributed by atoms with van der Waals surface area (Å²) in [4.78, 5) is 16.7. The van der Waals surface area contributed by atoms with Gasteiger partial charge in [0.2, 0.25) is 0 Å². The van der Waals surface area contributed by atoms with Gasteiger partial charge in [-0.15, -0.1) is 24.0 Å². The number of nitrogens with zero attached hydrogens (tertiary/aromatic N) is 1. The summed E-state index contributed by atoms with van der Waals surface area (Å²) >= 11 is 0. The zero-order chi connectivity index (χ0) is 18.8. The van der Waals surface area contributed by atoms with E-state index >= 15 is 0 Å². The zero-order valence-electron chi connectivity index (χ0n) is 16.2. The first kappa shape index (κ1) is 23.0. The van der Waals surface area contributed by atoms with Gasteiger partial charge in [0.1, 0.15) is 0 Å². The number of nitrogens with one attached hydrogen (secondary N) is 3. The molecule has 0 radical (unpaired) electrons. The molecule has 0 heterocycles. The highest BCUT2D eigenvalue weighted by Gasteiger charge is 2.05. The number of hydrogen-bond acceptors (Lipinski definition) is 2. The van der Waals surface area contributed by atoms with E-state index in [2.05, 4.69) is 40.0 Å². The topological polar surface area (TPSA) is 65.5 Å². The van der Waals surface area contributed by atoms with E-state index in [4.69, 9.17) is 0 Å². The Balaban J connectivity index is 0.00000364. The number of hydrogen-bond donors (Lipinski definition) is 3. The summed E-state index contributed by atoms with van der Waals surface area (Å²) in [6, 6.07) is 15.8. The Hall–Kier alpha value is -2.09. The van der Waals surface area contributed by atoms with Crippen LogP contribution in [0.25, 0.3) is 0 Å². The molecule has 0 atom stereocenters. The van der Waals surface area contributed by atoms with E-state index in [1.807, 2.05) is 50.2 Å². The second-order valence-electron chi connectivity index (χ2n) is 6.17. The van der Waals surface area contributed by atoms with Crippen LogP contribution in [-0.4, -0.2) is 31.5 Å². The molecule has 2 aromatic rings. The van der Waals surface area contributed by atoms with Gasteiger partial charge in [0, 0.05) is 25.2 Å². The lowest BCUT2D eigenvalue weighted by Crippen LogP contribution is -2.41. The van der Waals surface area contributed by atoms with Crippen molar-refractivity contribution in [1.82, 2.24) is 16.0 Å². The summed E-state index contributed by atoms with van der Waals surface area (Å²) < 4.78 is 0. The van der Waals surface area contributed by atoms with Crippen LogP contribution in [-0.2, 0) is 6.54 Å². The quantitative estimate of drug-likeness (QED) is 0.246. The standard InChI is InChI=1S/C21H28N4O.HI/c1-4-22-21(25-15-19-10-6-5-9-17(19)3)24-13-12-23-20(26)18-11-7-8-16(2)14-18;/h5-11,14H,4,12-13,15H2,1-3H3,(H,23,26)(H2,22,24,25);1H. The molecule has 0 saturated heterocycles. The number of amides is 1. The predicted molar refractivity (Wildman–Crippen MR) is 123 cm³/mol. The molecule has 0 saturated carbocycles. The Bertz CT molecular complexity index is 761. The van der Waals surface area contributed by atoms with Gasteiger partial charge in [0.25, 0.3) is 5.91 Å². The number of aliphatic imine (C=N–C) groups is 1. The van der Waals surface area contributed by atoms with Crippen LogP contribution in [0, 0.1) is 13.8 Å². The molecule has 3 N–H and O–H groups in total. The SMILES string of the molecule is CCNC(=NCc1ccccc1C)NCCNC(=O)c1cccc(C)c1.I. The molecule has 2 aromatic carbocycles. The first-order valence-corrected chi connectivity index (χ1v) is 9.01. The average Bonchev–Trinajstić information content (AvgIpc) is 2.64. The number of carbonyl (C=O) groups excluding carboxylic acids is 1. The normalized spacial score (nSPS) is 10.7. The van der Waals surface area contributed by atoms with Crippen LogP contribution in [0.4, 0.5) is 0 Å². The van der Waals surface area contributed by atoms with Crippen LogP contribution in [0.2, 0.25) is 0 Å². The first-order valence-electron chi connectivity index (χ1n) is 9.01. The number of aryl methyl sites for hydroxylation is 2. The van der Waals surface area contributed by atoms with Gasteiger partial charge in [0.05, 0.1) is 6.54 Å². The molecule has 0 bridgehead atoms. The average molecular weight is 480 g/mol. The van der Waals surface area contributed by atoms with Crippen LogP contribution in [0.3, 0.4) is 0 Å². The van der Waals surface area contributed by atoms with E-state index in [1.54, 1.807) is 0 Å². The van der Waals surface area contributed by atoms with E-state index < -0.39 is 0 Å². The van der Waals surface area contributed by atoms with Crippen molar-refractivity contribution in [2.75, 3.05) is 19.6 Å². The fraction of sp³-hybridized carbons (Fsp3) is 0.333. The Morgan fingerprint density at radius 2 is 1.70 bits per heavy atom. The van der Waals surface area contributed by atoms with Crippen LogP contribution < -0.4 is 16.0 Å². The predicted octanol–water partition coefficient (Wildman–Crippen LogP) is 3.41. The third-order valence-electron chi connectivity index (χ3n) is 4.00. The molecule has 6 heteroatoms. The summed E-state index contributed by atoms with van der Waals surface area (Å²) in [6.45, 7) is 8.65. The minimum Gasteiger partial charge on any atom is -0.357 e. The van der Waals surface area contributed by atoms with E-state index in [0.29, 0.717) is 25.2 Å². The van der Waals surface area contributed by atoms with Gasteiger partial charge in [-0.2, -0.15) is 0 Å². The molecule has 0 aliphatic rings. The lowest BCUT2D eigenvalue weighted by molar-refractivity contribution is 0.0954. The largest absolute Gasteiger partial charge is 0.357 e. The maximum absolute atomic E-state index is 12.1. The number of carbonyl (C=O) groups is 1. The number of rotatable bonds is 7. The molecular formula is C21H29IN4O. The van der Waals surface area contributed by atoms with Crippen LogP contribution >= 0.6 is 24.0 Å². The maximum atomic E-state index is 12.1.